The van der Waals surface area contributed by atoms with Gasteiger partial charge in [0.05, 0.1) is 5.39 Å². The van der Waals surface area contributed by atoms with Crippen LogP contribution in [-0.2, 0) is 13.7 Å². The van der Waals surface area contributed by atoms with E-state index in [2.05, 4.69) is 33.8 Å². The number of benzene rings is 2. The van der Waals surface area contributed by atoms with Gasteiger partial charge < -0.3 is 19.8 Å². The lowest BCUT2D eigenvalue weighted by molar-refractivity contribution is 0.302. The maximum Gasteiger partial charge on any atom is 0.166 e. The molecule has 0 atom stereocenters. The number of nitrogens with zero attached hydrogens (tertiary/aromatic N) is 5. The molecule has 5 rings (SSSR count). The van der Waals surface area contributed by atoms with Gasteiger partial charge in [0.2, 0.25) is 0 Å². The molecule has 0 spiro atoms. The zero-order valence-electron chi connectivity index (χ0n) is 21.3. The molecule has 8 nitrogen and oxygen atoms in total. The Labute approximate surface area is 215 Å². The molecule has 0 saturated heterocycles. The van der Waals surface area contributed by atoms with Gasteiger partial charge in [-0.2, -0.15) is 0 Å². The summed E-state index contributed by atoms with van der Waals surface area (Å²) in [6, 6.07) is 11.7. The summed E-state index contributed by atoms with van der Waals surface area (Å²) in [5.74, 6) is 1.62. The Hall–Kier alpha value is -4.53. The fraction of sp³-hybridized carbons (Fsp3) is 0.214. The summed E-state index contributed by atoms with van der Waals surface area (Å²) in [5, 5.41) is 0.786. The zero-order valence-corrected chi connectivity index (χ0v) is 21.3. The number of rotatable bonds is 6. The number of aryl methyl sites for hydroxylation is 2. The van der Waals surface area contributed by atoms with Crippen LogP contribution in [0.25, 0.3) is 22.2 Å². The molecule has 0 fully saturated rings. The summed E-state index contributed by atoms with van der Waals surface area (Å²) in [6.45, 7) is 6.32. The van der Waals surface area contributed by atoms with Crippen LogP contribution in [0, 0.1) is 12.7 Å². The molecule has 37 heavy (non-hydrogen) atoms. The second-order valence-electron chi connectivity index (χ2n) is 8.46. The molecular weight excluding hydrogens is 471 g/mol. The van der Waals surface area contributed by atoms with E-state index in [-0.39, 0.29) is 12.4 Å². The lowest BCUT2D eigenvalue weighted by atomic mass is 10.1. The van der Waals surface area contributed by atoms with E-state index in [1.165, 1.54) is 24.9 Å². The number of fused-ring (bicyclic) bond motifs is 1. The summed E-state index contributed by atoms with van der Waals surface area (Å²) in [6.07, 6.45) is 8.03. The molecule has 0 aliphatic heterocycles. The Bertz CT molecular complexity index is 1480. The minimum absolute atomic E-state index is 0.0632. The quantitative estimate of drug-likeness (QED) is 0.294. The molecule has 0 amide bonds. The highest BCUT2D eigenvalue weighted by Gasteiger charge is 2.14. The van der Waals surface area contributed by atoms with Crippen LogP contribution < -0.4 is 15.2 Å². The van der Waals surface area contributed by atoms with E-state index in [0.717, 1.165) is 27.7 Å². The summed E-state index contributed by atoms with van der Waals surface area (Å²) < 4.78 is 27.8. The molecule has 2 aromatic carbocycles. The monoisotopic (exact) mass is 500 g/mol. The van der Waals surface area contributed by atoms with Crippen molar-refractivity contribution in [3.63, 3.8) is 0 Å². The maximum atomic E-state index is 14.4. The van der Waals surface area contributed by atoms with Crippen LogP contribution in [0.2, 0.25) is 0 Å². The van der Waals surface area contributed by atoms with Crippen LogP contribution in [0.15, 0.2) is 67.4 Å². The number of nitrogen functional groups attached to an aromatic ring is 1. The van der Waals surface area contributed by atoms with Gasteiger partial charge in [0.1, 0.15) is 41.7 Å². The standard InChI is InChI=1S/C25H21FN6O2.C3H8/c1-15-28-10-16(11-29-15)13-33-19-7-8-21(26)22(9-19)34-18-5-3-17(4-6-18)20-12-32(2)25-23(20)24(27)30-14-31-25;1-3-2/h3-12,14H,13H2,1-2H3,(H2,27,30,31);3H2,1-2H3. The van der Waals surface area contributed by atoms with Crippen molar-refractivity contribution in [2.75, 3.05) is 5.73 Å². The molecule has 190 valence electrons. The van der Waals surface area contributed by atoms with E-state index < -0.39 is 5.82 Å². The lowest BCUT2D eigenvalue weighted by Gasteiger charge is -2.11. The van der Waals surface area contributed by atoms with Crippen molar-refractivity contribution in [1.29, 1.82) is 0 Å². The van der Waals surface area contributed by atoms with E-state index in [9.17, 15) is 4.39 Å². The predicted octanol–water partition coefficient (Wildman–Crippen LogP) is 6.24. The number of aromatic nitrogens is 5. The van der Waals surface area contributed by atoms with Crippen LogP contribution in [0.3, 0.4) is 0 Å². The molecule has 0 saturated carbocycles. The van der Waals surface area contributed by atoms with Gasteiger partial charge in [0.25, 0.3) is 0 Å². The third-order valence-corrected chi connectivity index (χ3v) is 5.32. The third-order valence-electron chi connectivity index (χ3n) is 5.32. The smallest absolute Gasteiger partial charge is 0.166 e. The maximum absolute atomic E-state index is 14.4. The van der Waals surface area contributed by atoms with Crippen molar-refractivity contribution in [3.8, 4) is 28.4 Å². The number of halogens is 1. The predicted molar refractivity (Wildman–Crippen MR) is 142 cm³/mol. The molecule has 5 aromatic rings. The average molecular weight is 501 g/mol. The summed E-state index contributed by atoms with van der Waals surface area (Å²) in [4.78, 5) is 16.7. The summed E-state index contributed by atoms with van der Waals surface area (Å²) in [5.41, 5.74) is 9.47. The van der Waals surface area contributed by atoms with Gasteiger partial charge in [0, 0.05) is 42.8 Å². The Kier molecular flexibility index (Phi) is 7.92. The van der Waals surface area contributed by atoms with Gasteiger partial charge in [0.15, 0.2) is 11.6 Å². The Balaban J connectivity index is 0.00000102. The first-order valence-electron chi connectivity index (χ1n) is 11.9. The van der Waals surface area contributed by atoms with Crippen molar-refractivity contribution in [2.24, 2.45) is 7.05 Å². The van der Waals surface area contributed by atoms with Crippen LogP contribution in [0.5, 0.6) is 17.2 Å². The largest absolute Gasteiger partial charge is 0.489 e. The Morgan fingerprint density at radius 1 is 0.946 bits per heavy atom. The summed E-state index contributed by atoms with van der Waals surface area (Å²) in [7, 11) is 1.90. The molecule has 0 aliphatic carbocycles. The van der Waals surface area contributed by atoms with Crippen molar-refractivity contribution >= 4 is 16.9 Å². The number of anilines is 1. The normalized spacial score (nSPS) is 10.6. The van der Waals surface area contributed by atoms with E-state index >= 15 is 0 Å². The summed E-state index contributed by atoms with van der Waals surface area (Å²) >= 11 is 0. The Morgan fingerprint density at radius 2 is 1.62 bits per heavy atom. The molecule has 0 bridgehead atoms. The van der Waals surface area contributed by atoms with E-state index in [4.69, 9.17) is 15.2 Å². The molecule has 3 heterocycles. The molecule has 2 N–H and O–H groups in total. The highest BCUT2D eigenvalue weighted by atomic mass is 19.1. The zero-order chi connectivity index (χ0) is 26.4. The van der Waals surface area contributed by atoms with Crippen LogP contribution in [0.4, 0.5) is 10.2 Å². The number of ether oxygens (including phenoxy) is 2. The van der Waals surface area contributed by atoms with Gasteiger partial charge >= 0.3 is 0 Å². The van der Waals surface area contributed by atoms with Crippen molar-refractivity contribution in [2.45, 2.75) is 33.8 Å². The fourth-order valence-electron chi connectivity index (χ4n) is 3.60. The molecule has 0 unspecified atom stereocenters. The molecular formula is C28H29FN6O2. The van der Waals surface area contributed by atoms with E-state index in [1.54, 1.807) is 30.6 Å². The molecule has 9 heteroatoms. The van der Waals surface area contributed by atoms with Crippen molar-refractivity contribution in [3.05, 3.63) is 84.6 Å². The van der Waals surface area contributed by atoms with Gasteiger partial charge in [-0.25, -0.2) is 24.3 Å². The second kappa shape index (κ2) is 11.5. The second-order valence-corrected chi connectivity index (χ2v) is 8.46. The molecule has 0 aliphatic rings. The van der Waals surface area contributed by atoms with Crippen LogP contribution in [0.1, 0.15) is 31.7 Å². The topological polar surface area (TPSA) is 101 Å². The number of nitrogens with two attached hydrogens (primary N) is 1. The fourth-order valence-corrected chi connectivity index (χ4v) is 3.60. The highest BCUT2D eigenvalue weighted by molar-refractivity contribution is 6.00. The van der Waals surface area contributed by atoms with Crippen LogP contribution in [-0.4, -0.2) is 24.5 Å². The van der Waals surface area contributed by atoms with Gasteiger partial charge in [-0.1, -0.05) is 32.4 Å². The highest BCUT2D eigenvalue weighted by Crippen LogP contribution is 2.34. The van der Waals surface area contributed by atoms with Gasteiger partial charge in [-0.15, -0.1) is 0 Å². The number of hydrogen-bond acceptors (Lipinski definition) is 7. The number of hydrogen-bond donors (Lipinski definition) is 1. The SMILES string of the molecule is CCC.Cc1ncc(COc2ccc(F)c(Oc3ccc(-c4cn(C)c5ncnc(N)c45)cc3)c2)cn1. The first-order chi connectivity index (χ1) is 17.9. The van der Waals surface area contributed by atoms with E-state index in [1.807, 2.05) is 36.9 Å². The van der Waals surface area contributed by atoms with Gasteiger partial charge in [-0.05, 0) is 36.8 Å². The average Bonchev–Trinajstić information content (AvgIpc) is 3.24. The first-order valence-corrected chi connectivity index (χ1v) is 11.9. The van der Waals surface area contributed by atoms with E-state index in [0.29, 0.717) is 23.1 Å². The molecule has 3 aromatic heterocycles. The Morgan fingerprint density at radius 3 is 2.32 bits per heavy atom. The first kappa shape index (κ1) is 25.6. The van der Waals surface area contributed by atoms with Crippen molar-refractivity contribution in [1.82, 2.24) is 24.5 Å². The third kappa shape index (κ3) is 6.00. The van der Waals surface area contributed by atoms with Gasteiger partial charge in [-0.3, -0.25) is 0 Å². The molecule has 0 radical (unpaired) electrons. The minimum atomic E-state index is -0.492. The van der Waals surface area contributed by atoms with Crippen molar-refractivity contribution < 1.29 is 13.9 Å². The lowest BCUT2D eigenvalue weighted by Crippen LogP contribution is -1.99. The minimum Gasteiger partial charge on any atom is -0.489 e. The van der Waals surface area contributed by atoms with Crippen LogP contribution >= 0.6 is 0 Å².